The van der Waals surface area contributed by atoms with Crippen molar-refractivity contribution in [3.63, 3.8) is 0 Å². The first-order chi connectivity index (χ1) is 17.0. The van der Waals surface area contributed by atoms with E-state index in [1.165, 1.54) is 5.56 Å². The van der Waals surface area contributed by atoms with Gasteiger partial charge in [0.25, 0.3) is 11.1 Å². The number of carbonyl (C=O) groups excluding carboxylic acids is 3. The summed E-state index contributed by atoms with van der Waals surface area (Å²) < 4.78 is 5.71. The highest BCUT2D eigenvalue weighted by atomic mass is 32.2. The van der Waals surface area contributed by atoms with Gasteiger partial charge in [-0.15, -0.1) is 6.42 Å². The SMILES string of the molecule is C#CCOc1ccc2ccccc2c1C=C1SC(=O)N(CC(=O)N2CCc3ccccc3C2)C1=O. The smallest absolute Gasteiger partial charge is 0.294 e. The Morgan fingerprint density at radius 1 is 1.06 bits per heavy atom. The molecule has 0 radical (unpaired) electrons. The average molecular weight is 483 g/mol. The minimum atomic E-state index is -0.485. The van der Waals surface area contributed by atoms with E-state index < -0.39 is 11.1 Å². The number of imide groups is 1. The maximum Gasteiger partial charge on any atom is 0.294 e. The van der Waals surface area contributed by atoms with Crippen LogP contribution in [-0.2, 0) is 22.6 Å². The molecule has 0 aliphatic carbocycles. The molecule has 0 unspecified atom stereocenters. The molecule has 0 spiro atoms. The maximum absolute atomic E-state index is 13.2. The number of hydrogen-bond donors (Lipinski definition) is 0. The monoisotopic (exact) mass is 482 g/mol. The fourth-order valence-electron chi connectivity index (χ4n) is 4.38. The lowest BCUT2D eigenvalue weighted by molar-refractivity contribution is -0.136. The summed E-state index contributed by atoms with van der Waals surface area (Å²) in [5.74, 6) is 2.24. The molecule has 0 N–H and O–H groups in total. The number of thioether (sulfide) groups is 1. The van der Waals surface area contributed by atoms with Crippen molar-refractivity contribution in [1.82, 2.24) is 9.80 Å². The Balaban J connectivity index is 1.38. The summed E-state index contributed by atoms with van der Waals surface area (Å²) >= 11 is 0.827. The molecule has 0 atom stereocenters. The molecule has 0 aromatic heterocycles. The molecule has 0 saturated carbocycles. The Morgan fingerprint density at radius 3 is 2.66 bits per heavy atom. The molecule has 3 aromatic carbocycles. The molecule has 0 bridgehead atoms. The largest absolute Gasteiger partial charge is 0.480 e. The van der Waals surface area contributed by atoms with Crippen LogP contribution < -0.4 is 4.74 Å². The number of carbonyl (C=O) groups is 3. The number of nitrogens with zero attached hydrogens (tertiary/aromatic N) is 2. The summed E-state index contributed by atoms with van der Waals surface area (Å²) in [6.45, 7) is 0.842. The van der Waals surface area contributed by atoms with Crippen LogP contribution in [0.2, 0.25) is 0 Å². The summed E-state index contributed by atoms with van der Waals surface area (Å²) in [6.07, 6.45) is 7.77. The van der Waals surface area contributed by atoms with Crippen LogP contribution in [0.4, 0.5) is 4.79 Å². The summed E-state index contributed by atoms with van der Waals surface area (Å²) in [5.41, 5.74) is 2.99. The van der Waals surface area contributed by atoms with Crippen molar-refractivity contribution >= 4 is 45.7 Å². The zero-order valence-electron chi connectivity index (χ0n) is 18.9. The molecule has 3 amide bonds. The average Bonchev–Trinajstić information content (AvgIpc) is 3.15. The molecule has 2 heterocycles. The standard InChI is InChI=1S/C28H22N2O4S/c1-2-15-34-24-12-11-20-8-5-6-10-22(20)23(24)16-25-27(32)30(28(33)35-25)18-26(31)29-14-13-19-7-3-4-9-21(19)17-29/h1,3-12,16H,13-15,17-18H2. The van der Waals surface area contributed by atoms with Gasteiger partial charge in [0.05, 0.1) is 4.91 Å². The van der Waals surface area contributed by atoms with Crippen molar-refractivity contribution in [1.29, 1.82) is 0 Å². The lowest BCUT2D eigenvalue weighted by atomic mass is 10.00. The first-order valence-electron chi connectivity index (χ1n) is 11.2. The molecule has 174 valence electrons. The molecule has 7 heteroatoms. The third-order valence-corrected chi connectivity index (χ3v) is 7.07. The number of hydrogen-bond acceptors (Lipinski definition) is 5. The lowest BCUT2D eigenvalue weighted by Crippen LogP contribution is -2.44. The van der Waals surface area contributed by atoms with Crippen molar-refractivity contribution < 1.29 is 19.1 Å². The predicted octanol–water partition coefficient (Wildman–Crippen LogP) is 4.47. The van der Waals surface area contributed by atoms with Gasteiger partial charge in [0, 0.05) is 18.7 Å². The van der Waals surface area contributed by atoms with Gasteiger partial charge < -0.3 is 9.64 Å². The third-order valence-electron chi connectivity index (χ3n) is 6.17. The summed E-state index contributed by atoms with van der Waals surface area (Å²) in [7, 11) is 0. The molecular formula is C28H22N2O4S. The van der Waals surface area contributed by atoms with Gasteiger partial charge in [-0.2, -0.15) is 0 Å². The number of rotatable bonds is 5. The Bertz CT molecular complexity index is 1420. The number of terminal acetylenes is 1. The second kappa shape index (κ2) is 9.69. The quantitative estimate of drug-likeness (QED) is 0.397. The molecular weight excluding hydrogens is 460 g/mol. The first-order valence-corrected chi connectivity index (χ1v) is 12.0. The van der Waals surface area contributed by atoms with E-state index in [-0.39, 0.29) is 24.0 Å². The predicted molar refractivity (Wildman–Crippen MR) is 137 cm³/mol. The molecule has 5 rings (SSSR count). The number of benzene rings is 3. The summed E-state index contributed by atoms with van der Waals surface area (Å²) in [4.78, 5) is 41.8. The van der Waals surface area contributed by atoms with Gasteiger partial charge in [0.2, 0.25) is 5.91 Å². The Hall–Kier alpha value is -4.02. The van der Waals surface area contributed by atoms with Crippen LogP contribution in [0.1, 0.15) is 16.7 Å². The highest BCUT2D eigenvalue weighted by molar-refractivity contribution is 8.18. The number of ether oxygens (including phenoxy) is 1. The fourth-order valence-corrected chi connectivity index (χ4v) is 5.20. The first kappa shape index (κ1) is 22.8. The van der Waals surface area contributed by atoms with Crippen molar-refractivity contribution in [2.75, 3.05) is 19.7 Å². The van der Waals surface area contributed by atoms with Crippen LogP contribution in [-0.4, -0.2) is 46.5 Å². The molecule has 2 aliphatic rings. The minimum absolute atomic E-state index is 0.0775. The molecule has 35 heavy (non-hydrogen) atoms. The van der Waals surface area contributed by atoms with Crippen molar-refractivity contribution in [2.24, 2.45) is 0 Å². The second-order valence-corrected chi connectivity index (χ2v) is 9.29. The normalized spacial score (nSPS) is 16.5. The lowest BCUT2D eigenvalue weighted by Gasteiger charge is -2.29. The van der Waals surface area contributed by atoms with E-state index in [4.69, 9.17) is 11.2 Å². The van der Waals surface area contributed by atoms with Crippen LogP contribution in [0, 0.1) is 12.3 Å². The van der Waals surface area contributed by atoms with E-state index in [0.717, 1.165) is 39.4 Å². The molecule has 6 nitrogen and oxygen atoms in total. The van der Waals surface area contributed by atoms with Gasteiger partial charge in [0.15, 0.2) is 0 Å². The molecule has 1 saturated heterocycles. The van der Waals surface area contributed by atoms with E-state index >= 15 is 0 Å². The van der Waals surface area contributed by atoms with Crippen LogP contribution in [0.15, 0.2) is 65.6 Å². The van der Waals surface area contributed by atoms with Crippen LogP contribution >= 0.6 is 11.8 Å². The maximum atomic E-state index is 13.2. The van der Waals surface area contributed by atoms with E-state index in [1.807, 2.05) is 48.5 Å². The van der Waals surface area contributed by atoms with Crippen LogP contribution in [0.25, 0.3) is 16.8 Å². The van der Waals surface area contributed by atoms with Gasteiger partial charge in [-0.1, -0.05) is 60.5 Å². The zero-order chi connectivity index (χ0) is 24.4. The Labute approximate surface area is 207 Å². The van der Waals surface area contributed by atoms with Crippen molar-refractivity contribution in [3.8, 4) is 18.1 Å². The second-order valence-electron chi connectivity index (χ2n) is 8.29. The van der Waals surface area contributed by atoms with Gasteiger partial charge in [0.1, 0.15) is 18.9 Å². The fraction of sp³-hybridized carbons (Fsp3) is 0.179. The molecule has 1 fully saturated rings. The van der Waals surface area contributed by atoms with E-state index in [2.05, 4.69) is 12.0 Å². The highest BCUT2D eigenvalue weighted by Crippen LogP contribution is 2.37. The summed E-state index contributed by atoms with van der Waals surface area (Å²) in [6, 6.07) is 19.4. The number of amides is 3. The topological polar surface area (TPSA) is 66.9 Å². The Kier molecular flexibility index (Phi) is 6.30. The van der Waals surface area contributed by atoms with Crippen LogP contribution in [0.3, 0.4) is 0 Å². The highest BCUT2D eigenvalue weighted by Gasteiger charge is 2.37. The minimum Gasteiger partial charge on any atom is -0.480 e. The van der Waals surface area contributed by atoms with Crippen molar-refractivity contribution in [2.45, 2.75) is 13.0 Å². The van der Waals surface area contributed by atoms with Gasteiger partial charge in [-0.05, 0) is 52.2 Å². The van der Waals surface area contributed by atoms with Crippen LogP contribution in [0.5, 0.6) is 5.75 Å². The van der Waals surface area contributed by atoms with Crippen molar-refractivity contribution in [3.05, 3.63) is 82.3 Å². The molecule has 2 aliphatic heterocycles. The zero-order valence-corrected chi connectivity index (χ0v) is 19.7. The van der Waals surface area contributed by atoms with Gasteiger partial charge in [-0.3, -0.25) is 19.3 Å². The third kappa shape index (κ3) is 4.53. The van der Waals surface area contributed by atoms with E-state index in [1.54, 1.807) is 17.0 Å². The van der Waals surface area contributed by atoms with E-state index in [9.17, 15) is 14.4 Å². The van der Waals surface area contributed by atoms with E-state index in [0.29, 0.717) is 24.4 Å². The van der Waals surface area contributed by atoms with Gasteiger partial charge >= 0.3 is 0 Å². The molecule has 3 aromatic rings. The Morgan fingerprint density at radius 2 is 1.83 bits per heavy atom. The number of fused-ring (bicyclic) bond motifs is 2. The van der Waals surface area contributed by atoms with Gasteiger partial charge in [-0.25, -0.2) is 0 Å². The summed E-state index contributed by atoms with van der Waals surface area (Å²) in [5, 5.41) is 1.38.